The van der Waals surface area contributed by atoms with E-state index in [-0.39, 0.29) is 17.8 Å². The molecular weight excluding hydrogens is 321 g/mol. The lowest BCUT2D eigenvalue weighted by molar-refractivity contribution is -0.118. The molecule has 3 heterocycles. The molecule has 25 heavy (non-hydrogen) atoms. The first-order chi connectivity index (χ1) is 12.1. The van der Waals surface area contributed by atoms with Crippen LogP contribution in [-0.2, 0) is 11.2 Å². The molecule has 1 N–H and O–H groups in total. The Morgan fingerprint density at radius 1 is 1.28 bits per heavy atom. The molecule has 0 unspecified atom stereocenters. The van der Waals surface area contributed by atoms with E-state index in [0.29, 0.717) is 35.4 Å². The summed E-state index contributed by atoms with van der Waals surface area (Å²) >= 11 is 0. The fraction of sp³-hybridized carbons (Fsp3) is 0.368. The zero-order chi connectivity index (χ0) is 17.4. The molecule has 1 aromatic carbocycles. The number of carbonyl (C=O) groups excluding carboxylic acids is 1. The number of hydrogen-bond donors (Lipinski definition) is 1. The number of halogens is 1. The van der Waals surface area contributed by atoms with Gasteiger partial charge >= 0.3 is 0 Å². The van der Waals surface area contributed by atoms with Gasteiger partial charge in [-0.2, -0.15) is 0 Å². The molecular formula is C19H20FN3O2. The van der Waals surface area contributed by atoms with Crippen LogP contribution in [0.5, 0.6) is 5.75 Å². The zero-order valence-electron chi connectivity index (χ0n) is 14.1. The Balaban J connectivity index is 1.66. The van der Waals surface area contributed by atoms with E-state index in [0.717, 1.165) is 25.1 Å². The van der Waals surface area contributed by atoms with E-state index >= 15 is 0 Å². The molecule has 2 aromatic rings. The van der Waals surface area contributed by atoms with Crippen molar-refractivity contribution in [2.75, 3.05) is 25.0 Å². The Kier molecular flexibility index (Phi) is 4.13. The van der Waals surface area contributed by atoms with Crippen LogP contribution in [0, 0.1) is 5.82 Å². The van der Waals surface area contributed by atoms with Gasteiger partial charge in [-0.25, -0.2) is 4.39 Å². The minimum atomic E-state index is -0.359. The minimum Gasteiger partial charge on any atom is -0.487 e. The van der Waals surface area contributed by atoms with Gasteiger partial charge in [-0.15, -0.1) is 0 Å². The summed E-state index contributed by atoms with van der Waals surface area (Å²) in [6.07, 6.45) is 5.46. The van der Waals surface area contributed by atoms with Crippen molar-refractivity contribution in [2.45, 2.75) is 25.4 Å². The van der Waals surface area contributed by atoms with E-state index in [1.807, 2.05) is 12.1 Å². The van der Waals surface area contributed by atoms with Gasteiger partial charge < -0.3 is 15.0 Å². The van der Waals surface area contributed by atoms with Gasteiger partial charge in [-0.05, 0) is 43.1 Å². The normalized spacial score (nSPS) is 19.8. The predicted octanol–water partition coefficient (Wildman–Crippen LogP) is 2.54. The van der Waals surface area contributed by atoms with Crippen LogP contribution in [0.15, 0.2) is 30.6 Å². The van der Waals surface area contributed by atoms with Crippen LogP contribution in [0.25, 0.3) is 11.1 Å². The van der Waals surface area contributed by atoms with Crippen molar-refractivity contribution >= 4 is 11.6 Å². The van der Waals surface area contributed by atoms with Gasteiger partial charge in [0.05, 0.1) is 6.20 Å². The maximum Gasteiger partial charge on any atom is 0.227 e. The number of amides is 1. The van der Waals surface area contributed by atoms with Gasteiger partial charge in [0.2, 0.25) is 5.91 Å². The third-order valence-corrected chi connectivity index (χ3v) is 4.85. The molecule has 4 rings (SSSR count). The topological polar surface area (TPSA) is 54.5 Å². The van der Waals surface area contributed by atoms with E-state index in [9.17, 15) is 9.18 Å². The molecule has 1 saturated heterocycles. The third kappa shape index (κ3) is 3.09. The summed E-state index contributed by atoms with van der Waals surface area (Å²) in [7, 11) is 1.69. The number of benzene rings is 1. The highest BCUT2D eigenvalue weighted by Gasteiger charge is 2.23. The fourth-order valence-corrected chi connectivity index (χ4v) is 3.44. The first-order valence-electron chi connectivity index (χ1n) is 8.53. The van der Waals surface area contributed by atoms with Crippen molar-refractivity contribution in [3.8, 4) is 16.9 Å². The van der Waals surface area contributed by atoms with Crippen molar-refractivity contribution in [3.63, 3.8) is 0 Å². The molecule has 5 nitrogen and oxygen atoms in total. The lowest BCUT2D eigenvalue weighted by atomic mass is 9.96. The SMILES string of the molecule is CN1C(=O)CCc2cc(-c3cncc(O[C@H]4CCNC4)c3)c(F)cc21. The number of fused-ring (bicyclic) bond motifs is 1. The highest BCUT2D eigenvalue weighted by Crippen LogP contribution is 2.34. The van der Waals surface area contributed by atoms with Gasteiger partial charge in [0.25, 0.3) is 0 Å². The second-order valence-corrected chi connectivity index (χ2v) is 6.56. The molecule has 2 aliphatic heterocycles. The van der Waals surface area contributed by atoms with E-state index in [1.165, 1.54) is 11.0 Å². The first-order valence-corrected chi connectivity index (χ1v) is 8.53. The Morgan fingerprint density at radius 3 is 2.96 bits per heavy atom. The number of hydrogen-bond acceptors (Lipinski definition) is 4. The number of anilines is 1. The number of carbonyl (C=O) groups is 1. The van der Waals surface area contributed by atoms with Gasteiger partial charge in [-0.3, -0.25) is 9.78 Å². The average molecular weight is 341 g/mol. The van der Waals surface area contributed by atoms with E-state index in [1.54, 1.807) is 19.4 Å². The maximum absolute atomic E-state index is 14.7. The fourth-order valence-electron chi connectivity index (χ4n) is 3.44. The molecule has 0 aliphatic carbocycles. The van der Waals surface area contributed by atoms with Crippen molar-refractivity contribution in [1.82, 2.24) is 10.3 Å². The summed E-state index contributed by atoms with van der Waals surface area (Å²) in [4.78, 5) is 17.5. The number of rotatable bonds is 3. The molecule has 130 valence electrons. The lowest BCUT2D eigenvalue weighted by Crippen LogP contribution is -2.31. The molecule has 1 amide bonds. The number of nitrogens with one attached hydrogen (secondary N) is 1. The molecule has 2 aliphatic rings. The van der Waals surface area contributed by atoms with Crippen LogP contribution >= 0.6 is 0 Å². The first kappa shape index (κ1) is 16.0. The van der Waals surface area contributed by atoms with E-state index < -0.39 is 0 Å². The second kappa shape index (κ2) is 6.44. The Bertz CT molecular complexity index is 818. The third-order valence-electron chi connectivity index (χ3n) is 4.85. The standard InChI is InChI=1S/C19H20FN3O2/c1-23-18-8-17(20)16(7-12(18)2-3-19(23)24)13-6-15(11-22-9-13)25-14-4-5-21-10-14/h6-9,11,14,21H,2-5,10H2,1H3/t14-/m0/s1. The summed E-state index contributed by atoms with van der Waals surface area (Å²) < 4.78 is 20.6. The Labute approximate surface area is 145 Å². The molecule has 1 aromatic heterocycles. The zero-order valence-corrected chi connectivity index (χ0v) is 14.1. The second-order valence-electron chi connectivity index (χ2n) is 6.56. The number of ether oxygens (including phenoxy) is 1. The molecule has 0 bridgehead atoms. The van der Waals surface area contributed by atoms with Gasteiger partial charge in [0.15, 0.2) is 0 Å². The predicted molar refractivity (Wildman–Crippen MR) is 93.3 cm³/mol. The van der Waals surface area contributed by atoms with Crippen LogP contribution in [0.3, 0.4) is 0 Å². The van der Waals surface area contributed by atoms with E-state index in [4.69, 9.17) is 4.74 Å². The molecule has 0 radical (unpaired) electrons. The van der Waals surface area contributed by atoms with Crippen molar-refractivity contribution in [2.24, 2.45) is 0 Å². The summed E-state index contributed by atoms with van der Waals surface area (Å²) in [6, 6.07) is 5.09. The lowest BCUT2D eigenvalue weighted by Gasteiger charge is -2.26. The molecule has 0 spiro atoms. The van der Waals surface area contributed by atoms with Gasteiger partial charge in [0.1, 0.15) is 17.7 Å². The van der Waals surface area contributed by atoms with Gasteiger partial charge in [-0.1, -0.05) is 0 Å². The molecule has 6 heteroatoms. The van der Waals surface area contributed by atoms with Crippen molar-refractivity contribution in [3.05, 3.63) is 42.0 Å². The number of nitrogens with zero attached hydrogens (tertiary/aromatic N) is 2. The van der Waals surface area contributed by atoms with Crippen LogP contribution in [-0.4, -0.2) is 37.1 Å². The largest absolute Gasteiger partial charge is 0.487 e. The number of aryl methyl sites for hydroxylation is 1. The molecule has 1 atom stereocenters. The Hall–Kier alpha value is -2.47. The molecule has 0 saturated carbocycles. The van der Waals surface area contributed by atoms with Crippen LogP contribution in [0.1, 0.15) is 18.4 Å². The summed E-state index contributed by atoms with van der Waals surface area (Å²) in [5, 5.41) is 3.25. The van der Waals surface area contributed by atoms with Crippen molar-refractivity contribution < 1.29 is 13.9 Å². The number of aromatic nitrogens is 1. The average Bonchev–Trinajstić information content (AvgIpc) is 3.11. The summed E-state index contributed by atoms with van der Waals surface area (Å²) in [6.45, 7) is 1.77. The highest BCUT2D eigenvalue weighted by molar-refractivity contribution is 5.96. The maximum atomic E-state index is 14.7. The molecule has 1 fully saturated rings. The van der Waals surface area contributed by atoms with Crippen LogP contribution in [0.2, 0.25) is 0 Å². The minimum absolute atomic E-state index is 0.0156. The van der Waals surface area contributed by atoms with Gasteiger partial charge in [0, 0.05) is 43.0 Å². The summed E-state index contributed by atoms with van der Waals surface area (Å²) in [5.41, 5.74) is 2.80. The monoisotopic (exact) mass is 341 g/mol. The highest BCUT2D eigenvalue weighted by atomic mass is 19.1. The van der Waals surface area contributed by atoms with Crippen LogP contribution < -0.4 is 15.0 Å². The number of pyridine rings is 1. The van der Waals surface area contributed by atoms with Crippen molar-refractivity contribution in [1.29, 1.82) is 0 Å². The smallest absolute Gasteiger partial charge is 0.227 e. The van der Waals surface area contributed by atoms with E-state index in [2.05, 4.69) is 10.3 Å². The summed E-state index contributed by atoms with van der Waals surface area (Å²) in [5.74, 6) is 0.305. The van der Waals surface area contributed by atoms with Crippen LogP contribution in [0.4, 0.5) is 10.1 Å². The Morgan fingerprint density at radius 2 is 2.16 bits per heavy atom. The quantitative estimate of drug-likeness (QED) is 0.932.